The smallest absolute Gasteiger partial charge is 0.307 e. The van der Waals surface area contributed by atoms with Crippen LogP contribution in [0.1, 0.15) is 40.0 Å². The molecule has 2 rings (SSSR count). The fourth-order valence-corrected chi connectivity index (χ4v) is 3.89. The van der Waals surface area contributed by atoms with Crippen molar-refractivity contribution >= 4 is 11.9 Å². The molecular weight excluding hydrogens is 268 g/mol. The molecule has 0 bridgehead atoms. The number of rotatable bonds is 3. The molecule has 1 aliphatic carbocycles. The van der Waals surface area contributed by atoms with E-state index in [4.69, 9.17) is 0 Å². The molecule has 2 aliphatic rings. The maximum Gasteiger partial charge on any atom is 0.307 e. The van der Waals surface area contributed by atoms with Crippen LogP contribution in [-0.4, -0.2) is 48.1 Å². The van der Waals surface area contributed by atoms with Gasteiger partial charge in [-0.05, 0) is 44.2 Å². The highest BCUT2D eigenvalue weighted by molar-refractivity contribution is 5.79. The van der Waals surface area contributed by atoms with E-state index in [1.165, 1.54) is 0 Å². The summed E-state index contributed by atoms with van der Waals surface area (Å²) in [6.45, 7) is 7.90. The first kappa shape index (κ1) is 16.3. The average molecular weight is 296 g/mol. The Morgan fingerprint density at radius 2 is 1.90 bits per heavy atom. The van der Waals surface area contributed by atoms with Crippen LogP contribution in [0.15, 0.2) is 0 Å². The molecule has 1 saturated heterocycles. The van der Waals surface area contributed by atoms with E-state index in [1.54, 1.807) is 0 Å². The molecule has 0 spiro atoms. The van der Waals surface area contributed by atoms with Crippen molar-refractivity contribution in [3.05, 3.63) is 0 Å². The van der Waals surface area contributed by atoms with Crippen molar-refractivity contribution in [2.24, 2.45) is 23.2 Å². The molecule has 0 radical (unpaired) electrons. The average Bonchev–Trinajstić information content (AvgIpc) is 2.81. The second-order valence-corrected chi connectivity index (χ2v) is 7.44. The van der Waals surface area contributed by atoms with Crippen LogP contribution in [-0.2, 0) is 9.59 Å². The maximum absolute atomic E-state index is 12.4. The molecule has 4 unspecified atom stereocenters. The minimum Gasteiger partial charge on any atom is -0.481 e. The number of aliphatic carboxylic acids is 1. The van der Waals surface area contributed by atoms with Gasteiger partial charge in [0.2, 0.25) is 5.91 Å². The van der Waals surface area contributed by atoms with Gasteiger partial charge in [0.05, 0.1) is 11.8 Å². The van der Waals surface area contributed by atoms with E-state index in [-0.39, 0.29) is 35.1 Å². The largest absolute Gasteiger partial charge is 0.481 e. The number of nitrogens with zero attached hydrogens (tertiary/aromatic N) is 1. The van der Waals surface area contributed by atoms with Crippen LogP contribution in [0.2, 0.25) is 0 Å². The number of nitrogens with one attached hydrogen (secondary N) is 1. The van der Waals surface area contributed by atoms with Crippen molar-refractivity contribution in [2.75, 3.05) is 20.1 Å². The Hall–Kier alpha value is -1.10. The van der Waals surface area contributed by atoms with Gasteiger partial charge in [-0.2, -0.15) is 0 Å². The monoisotopic (exact) mass is 296 g/mol. The van der Waals surface area contributed by atoms with E-state index >= 15 is 0 Å². The van der Waals surface area contributed by atoms with Crippen LogP contribution in [0.4, 0.5) is 0 Å². The molecule has 1 heterocycles. The van der Waals surface area contributed by atoms with Crippen LogP contribution >= 0.6 is 0 Å². The highest BCUT2D eigenvalue weighted by Gasteiger charge is 2.46. The topological polar surface area (TPSA) is 69.6 Å². The molecular formula is C16H28N2O3. The van der Waals surface area contributed by atoms with E-state index < -0.39 is 5.97 Å². The first-order valence-corrected chi connectivity index (χ1v) is 7.95. The third kappa shape index (κ3) is 3.23. The molecule has 1 amide bonds. The number of hydrogen-bond donors (Lipinski definition) is 2. The lowest BCUT2D eigenvalue weighted by Crippen LogP contribution is -2.53. The van der Waals surface area contributed by atoms with Crippen molar-refractivity contribution in [3.8, 4) is 0 Å². The number of carboxylic acid groups (broad SMARTS) is 1. The van der Waals surface area contributed by atoms with Gasteiger partial charge in [-0.3, -0.25) is 9.59 Å². The van der Waals surface area contributed by atoms with Crippen molar-refractivity contribution in [3.63, 3.8) is 0 Å². The fourth-order valence-electron chi connectivity index (χ4n) is 3.89. The Bertz CT molecular complexity index is 422. The Morgan fingerprint density at radius 1 is 1.24 bits per heavy atom. The Morgan fingerprint density at radius 3 is 2.43 bits per heavy atom. The summed E-state index contributed by atoms with van der Waals surface area (Å²) in [5, 5.41) is 12.6. The summed E-state index contributed by atoms with van der Waals surface area (Å²) in [7, 11) is 2.04. The second kappa shape index (κ2) is 5.95. The molecule has 5 nitrogen and oxygen atoms in total. The summed E-state index contributed by atoms with van der Waals surface area (Å²) in [5.74, 6) is -0.647. The van der Waals surface area contributed by atoms with Crippen molar-refractivity contribution in [1.29, 1.82) is 0 Å². The molecule has 5 heteroatoms. The molecule has 2 fully saturated rings. The summed E-state index contributed by atoms with van der Waals surface area (Å²) in [6, 6.07) is 0.0917. The van der Waals surface area contributed by atoms with Gasteiger partial charge in [0.15, 0.2) is 0 Å². The molecule has 0 aromatic carbocycles. The van der Waals surface area contributed by atoms with Crippen molar-refractivity contribution in [1.82, 2.24) is 10.2 Å². The summed E-state index contributed by atoms with van der Waals surface area (Å²) in [5.41, 5.74) is -0.297. The summed E-state index contributed by atoms with van der Waals surface area (Å²) >= 11 is 0. The molecule has 1 saturated carbocycles. The number of likely N-dealkylation sites (tertiary alicyclic amines) is 1. The van der Waals surface area contributed by atoms with Gasteiger partial charge in [-0.25, -0.2) is 0 Å². The lowest BCUT2D eigenvalue weighted by atomic mass is 9.61. The minimum atomic E-state index is -0.714. The lowest BCUT2D eigenvalue weighted by molar-refractivity contribution is -0.150. The maximum atomic E-state index is 12.4. The number of carbonyl (C=O) groups excluding carboxylic acids is 1. The Kier molecular flexibility index (Phi) is 4.61. The zero-order valence-corrected chi connectivity index (χ0v) is 13.6. The predicted molar refractivity (Wildman–Crippen MR) is 80.8 cm³/mol. The van der Waals surface area contributed by atoms with Gasteiger partial charge in [0.25, 0.3) is 0 Å². The number of amides is 1. The van der Waals surface area contributed by atoms with Crippen LogP contribution in [0, 0.1) is 23.2 Å². The number of carbonyl (C=O) groups is 2. The normalized spacial score (nSPS) is 36.4. The van der Waals surface area contributed by atoms with Crippen LogP contribution < -0.4 is 5.32 Å². The van der Waals surface area contributed by atoms with Gasteiger partial charge in [0.1, 0.15) is 0 Å². The molecule has 0 aromatic rings. The molecule has 120 valence electrons. The summed E-state index contributed by atoms with van der Waals surface area (Å²) < 4.78 is 0. The van der Waals surface area contributed by atoms with Crippen molar-refractivity contribution in [2.45, 2.75) is 46.1 Å². The second-order valence-electron chi connectivity index (χ2n) is 7.44. The summed E-state index contributed by atoms with van der Waals surface area (Å²) in [6.07, 6.45) is 2.32. The van der Waals surface area contributed by atoms with E-state index in [2.05, 4.69) is 17.1 Å². The minimum absolute atomic E-state index is 0.0857. The van der Waals surface area contributed by atoms with E-state index in [9.17, 15) is 14.7 Å². The standard InChI is InChI=1S/C16H28N2O3/c1-10-13(6-5-12(15(20)21)16(10,2)3)17-14(19)11-7-8-18(4)9-11/h10-13H,5-9H2,1-4H3,(H,17,19)(H,20,21). The molecule has 0 aromatic heterocycles. The van der Waals surface area contributed by atoms with Gasteiger partial charge in [-0.15, -0.1) is 0 Å². The first-order chi connectivity index (χ1) is 9.73. The Labute approximate surface area is 127 Å². The zero-order valence-electron chi connectivity index (χ0n) is 13.6. The highest BCUT2D eigenvalue weighted by atomic mass is 16.4. The Balaban J connectivity index is 1.99. The fraction of sp³-hybridized carbons (Fsp3) is 0.875. The summed E-state index contributed by atoms with van der Waals surface area (Å²) in [4.78, 5) is 26.0. The van der Waals surface area contributed by atoms with Gasteiger partial charge in [-0.1, -0.05) is 20.8 Å². The van der Waals surface area contributed by atoms with Gasteiger partial charge in [0, 0.05) is 12.6 Å². The third-order valence-corrected chi connectivity index (χ3v) is 5.83. The molecule has 1 aliphatic heterocycles. The van der Waals surface area contributed by atoms with Crippen molar-refractivity contribution < 1.29 is 14.7 Å². The SMILES string of the molecule is CC1C(NC(=O)C2CCN(C)C2)CCC(C(=O)O)C1(C)C. The molecule has 2 N–H and O–H groups in total. The van der Waals surface area contributed by atoms with Crippen LogP contribution in [0.25, 0.3) is 0 Å². The zero-order chi connectivity index (χ0) is 15.8. The van der Waals surface area contributed by atoms with Crippen LogP contribution in [0.5, 0.6) is 0 Å². The van der Waals surface area contributed by atoms with E-state index in [0.29, 0.717) is 6.42 Å². The number of hydrogen-bond acceptors (Lipinski definition) is 3. The quantitative estimate of drug-likeness (QED) is 0.829. The first-order valence-electron chi connectivity index (χ1n) is 7.95. The third-order valence-electron chi connectivity index (χ3n) is 5.83. The molecule has 21 heavy (non-hydrogen) atoms. The highest BCUT2D eigenvalue weighted by Crippen LogP contribution is 2.45. The van der Waals surface area contributed by atoms with Crippen LogP contribution in [0.3, 0.4) is 0 Å². The van der Waals surface area contributed by atoms with Gasteiger partial charge < -0.3 is 15.3 Å². The molecule has 4 atom stereocenters. The number of carboxylic acids is 1. The van der Waals surface area contributed by atoms with E-state index in [1.807, 2.05) is 20.9 Å². The lowest BCUT2D eigenvalue weighted by Gasteiger charge is -2.46. The van der Waals surface area contributed by atoms with E-state index in [0.717, 1.165) is 25.9 Å². The van der Waals surface area contributed by atoms with Gasteiger partial charge >= 0.3 is 5.97 Å². The predicted octanol–water partition coefficient (Wildman–Crippen LogP) is 1.58.